The minimum atomic E-state index is -2.10. The third-order valence-electron chi connectivity index (χ3n) is 4.28. The molecule has 0 fully saturated rings. The predicted molar refractivity (Wildman–Crippen MR) is 99.7 cm³/mol. The highest BCUT2D eigenvalue weighted by Crippen LogP contribution is 2.35. The lowest BCUT2D eigenvalue weighted by atomic mass is 9.96. The van der Waals surface area contributed by atoms with Gasteiger partial charge in [0.05, 0.1) is 6.26 Å². The number of benzene rings is 3. The van der Waals surface area contributed by atoms with Crippen molar-refractivity contribution in [2.45, 2.75) is 5.75 Å². The lowest BCUT2D eigenvalue weighted by Gasteiger charge is -2.09. The van der Waals surface area contributed by atoms with E-state index >= 15 is 0 Å². The Kier molecular flexibility index (Phi) is 4.41. The van der Waals surface area contributed by atoms with Crippen molar-refractivity contribution >= 4 is 22.0 Å². The highest BCUT2D eigenvalue weighted by atomic mass is 32.2. The molecule has 130 valence electrons. The van der Waals surface area contributed by atoms with Crippen molar-refractivity contribution in [3.63, 3.8) is 0 Å². The van der Waals surface area contributed by atoms with Crippen LogP contribution in [0, 0.1) is 5.82 Å². The van der Waals surface area contributed by atoms with E-state index in [9.17, 15) is 13.2 Å². The first-order chi connectivity index (χ1) is 12.6. The number of halogens is 1. The van der Waals surface area contributed by atoms with Crippen molar-refractivity contribution in [2.75, 3.05) is 0 Å². The van der Waals surface area contributed by atoms with Gasteiger partial charge in [-0.2, -0.15) is 0 Å². The average Bonchev–Trinajstić information content (AvgIpc) is 3.10. The molecular formula is C21H14FO3S-. The first-order valence-electron chi connectivity index (χ1n) is 8.02. The maximum Gasteiger partial charge on any atom is 0.141 e. The summed E-state index contributed by atoms with van der Waals surface area (Å²) in [4.78, 5) is 0. The van der Waals surface area contributed by atoms with Crippen molar-refractivity contribution < 1.29 is 17.6 Å². The Morgan fingerprint density at radius 3 is 2.27 bits per heavy atom. The average molecular weight is 365 g/mol. The van der Waals surface area contributed by atoms with Crippen molar-refractivity contribution in [1.29, 1.82) is 0 Å². The molecule has 0 saturated carbocycles. The summed E-state index contributed by atoms with van der Waals surface area (Å²) < 4.78 is 40.5. The topological polar surface area (TPSA) is 53.3 Å². The van der Waals surface area contributed by atoms with Gasteiger partial charge in [-0.15, -0.1) is 0 Å². The van der Waals surface area contributed by atoms with E-state index in [2.05, 4.69) is 0 Å². The summed E-state index contributed by atoms with van der Waals surface area (Å²) in [6.45, 7) is 0. The Morgan fingerprint density at radius 1 is 0.885 bits per heavy atom. The Labute approximate surface area is 152 Å². The second kappa shape index (κ2) is 6.86. The monoisotopic (exact) mass is 365 g/mol. The lowest BCUT2D eigenvalue weighted by molar-refractivity contribution is 0.536. The number of hydrogen-bond acceptors (Lipinski definition) is 3. The molecular weight excluding hydrogens is 351 g/mol. The molecule has 4 rings (SSSR count). The van der Waals surface area contributed by atoms with Crippen LogP contribution in [0.3, 0.4) is 0 Å². The first kappa shape index (κ1) is 16.7. The second-order valence-corrected chi connectivity index (χ2v) is 6.91. The van der Waals surface area contributed by atoms with Crippen LogP contribution in [0.25, 0.3) is 33.2 Å². The summed E-state index contributed by atoms with van der Waals surface area (Å²) in [6, 6.07) is 19.6. The number of furan rings is 1. The van der Waals surface area contributed by atoms with Crippen molar-refractivity contribution in [1.82, 2.24) is 0 Å². The van der Waals surface area contributed by atoms with E-state index in [-0.39, 0.29) is 11.6 Å². The molecule has 0 radical (unpaired) electrons. The van der Waals surface area contributed by atoms with Gasteiger partial charge in [0.25, 0.3) is 0 Å². The van der Waals surface area contributed by atoms with Crippen molar-refractivity contribution in [3.05, 3.63) is 84.4 Å². The van der Waals surface area contributed by atoms with Crippen LogP contribution >= 0.6 is 0 Å². The third-order valence-corrected chi connectivity index (χ3v) is 4.85. The Hall–Kier alpha value is -2.76. The van der Waals surface area contributed by atoms with Crippen LogP contribution in [0.4, 0.5) is 4.39 Å². The molecule has 0 amide bonds. The standard InChI is InChI=1S/C21H15FO3S/c22-19-7-5-16(6-8-19)20-12-18(11-17-9-10-25-21(17)20)15-3-1-14(2-4-15)13-26(23)24/h1-12H,13H2,(H,23,24)/p-1. The molecule has 0 N–H and O–H groups in total. The number of rotatable bonds is 4. The predicted octanol–water partition coefficient (Wildman–Crippen LogP) is 5.29. The Bertz CT molecular complexity index is 1080. The molecule has 1 atom stereocenters. The summed E-state index contributed by atoms with van der Waals surface area (Å²) in [5.41, 5.74) is 5.19. The highest BCUT2D eigenvalue weighted by molar-refractivity contribution is 7.78. The molecule has 1 heterocycles. The minimum absolute atomic E-state index is 0.00186. The molecule has 26 heavy (non-hydrogen) atoms. The lowest BCUT2D eigenvalue weighted by Crippen LogP contribution is -1.93. The Morgan fingerprint density at radius 2 is 1.58 bits per heavy atom. The second-order valence-electron chi connectivity index (χ2n) is 6.01. The van der Waals surface area contributed by atoms with Crippen LogP contribution in [0.2, 0.25) is 0 Å². The van der Waals surface area contributed by atoms with Crippen LogP contribution in [-0.4, -0.2) is 8.76 Å². The molecule has 0 aliphatic heterocycles. The zero-order chi connectivity index (χ0) is 18.1. The van der Waals surface area contributed by atoms with Gasteiger partial charge >= 0.3 is 0 Å². The molecule has 0 bridgehead atoms. The number of hydrogen-bond donors (Lipinski definition) is 0. The third kappa shape index (κ3) is 3.31. The summed E-state index contributed by atoms with van der Waals surface area (Å²) in [5, 5.41) is 0.951. The molecule has 3 nitrogen and oxygen atoms in total. The fourth-order valence-corrected chi connectivity index (χ4v) is 3.49. The largest absolute Gasteiger partial charge is 0.772 e. The van der Waals surface area contributed by atoms with E-state index in [0.717, 1.165) is 38.8 Å². The van der Waals surface area contributed by atoms with Crippen molar-refractivity contribution in [2.24, 2.45) is 0 Å². The van der Waals surface area contributed by atoms with E-state index in [1.54, 1.807) is 18.4 Å². The molecule has 0 spiro atoms. The van der Waals surface area contributed by atoms with Gasteiger partial charge in [0.1, 0.15) is 11.4 Å². The van der Waals surface area contributed by atoms with Gasteiger partial charge in [-0.05, 0) is 52.6 Å². The molecule has 4 aromatic rings. The molecule has 0 aliphatic carbocycles. The van der Waals surface area contributed by atoms with Gasteiger partial charge in [-0.3, -0.25) is 4.21 Å². The fourth-order valence-electron chi connectivity index (χ4n) is 3.02. The van der Waals surface area contributed by atoms with E-state index in [0.29, 0.717) is 0 Å². The van der Waals surface area contributed by atoms with Gasteiger partial charge < -0.3 is 8.97 Å². The minimum Gasteiger partial charge on any atom is -0.772 e. The SMILES string of the molecule is O=S([O-])Cc1ccc(-c2cc(-c3ccc(F)cc3)c3occc3c2)cc1. The van der Waals surface area contributed by atoms with E-state index in [1.807, 2.05) is 42.5 Å². The molecule has 0 saturated heterocycles. The van der Waals surface area contributed by atoms with Gasteiger partial charge in [-0.25, -0.2) is 4.39 Å². The smallest absolute Gasteiger partial charge is 0.141 e. The zero-order valence-corrected chi connectivity index (χ0v) is 14.5. The maximum atomic E-state index is 13.3. The van der Waals surface area contributed by atoms with Gasteiger partial charge in [0.2, 0.25) is 0 Å². The summed E-state index contributed by atoms with van der Waals surface area (Å²) >= 11 is -2.10. The van der Waals surface area contributed by atoms with Gasteiger partial charge in [-0.1, -0.05) is 47.5 Å². The molecule has 3 aromatic carbocycles. The van der Waals surface area contributed by atoms with Crippen LogP contribution in [0.5, 0.6) is 0 Å². The van der Waals surface area contributed by atoms with E-state index in [1.165, 1.54) is 12.1 Å². The summed E-state index contributed by atoms with van der Waals surface area (Å²) in [6.07, 6.45) is 1.63. The first-order valence-corrected chi connectivity index (χ1v) is 9.27. The van der Waals surface area contributed by atoms with Crippen molar-refractivity contribution in [3.8, 4) is 22.3 Å². The molecule has 0 aliphatic rings. The summed E-state index contributed by atoms with van der Waals surface area (Å²) in [7, 11) is 0. The molecule has 1 aromatic heterocycles. The number of fused-ring (bicyclic) bond motifs is 1. The van der Waals surface area contributed by atoms with Gasteiger partial charge in [0.15, 0.2) is 0 Å². The quantitative estimate of drug-likeness (QED) is 0.462. The van der Waals surface area contributed by atoms with Crippen LogP contribution in [0.15, 0.2) is 77.4 Å². The van der Waals surface area contributed by atoms with Crippen LogP contribution in [-0.2, 0) is 16.8 Å². The highest BCUT2D eigenvalue weighted by Gasteiger charge is 2.11. The maximum absolute atomic E-state index is 13.3. The zero-order valence-electron chi connectivity index (χ0n) is 13.6. The van der Waals surface area contributed by atoms with Crippen LogP contribution in [0.1, 0.15) is 5.56 Å². The Balaban J connectivity index is 1.81. The molecule has 1 unspecified atom stereocenters. The summed E-state index contributed by atoms with van der Waals surface area (Å²) in [5.74, 6) is -0.283. The van der Waals surface area contributed by atoms with Gasteiger partial charge in [0, 0.05) is 16.7 Å². The van der Waals surface area contributed by atoms with Crippen LogP contribution < -0.4 is 0 Å². The normalized spacial score (nSPS) is 12.4. The fraction of sp³-hybridized carbons (Fsp3) is 0.0476. The van der Waals surface area contributed by atoms with E-state index < -0.39 is 11.1 Å². The van der Waals surface area contributed by atoms with E-state index in [4.69, 9.17) is 4.42 Å². The molecule has 5 heteroatoms.